The van der Waals surface area contributed by atoms with Crippen LogP contribution >= 0.6 is 11.6 Å². The van der Waals surface area contributed by atoms with Gasteiger partial charge in [0.1, 0.15) is 0 Å². The summed E-state index contributed by atoms with van der Waals surface area (Å²) in [5.74, 6) is -1.52. The smallest absolute Gasteiger partial charge is 0.328 e. The number of nitrogens with zero attached hydrogens (tertiary/aromatic N) is 1. The second kappa shape index (κ2) is 6.21. The van der Waals surface area contributed by atoms with Gasteiger partial charge in [-0.15, -0.1) is 0 Å². The summed E-state index contributed by atoms with van der Waals surface area (Å²) in [5, 5.41) is 9.06. The first kappa shape index (κ1) is 14.3. The van der Waals surface area contributed by atoms with Crippen LogP contribution in [-0.2, 0) is 9.59 Å². The van der Waals surface area contributed by atoms with Crippen molar-refractivity contribution in [2.75, 3.05) is 7.05 Å². The lowest BCUT2D eigenvalue weighted by Crippen LogP contribution is -2.28. The van der Waals surface area contributed by atoms with Crippen LogP contribution in [0.4, 0.5) is 0 Å². The van der Waals surface area contributed by atoms with Gasteiger partial charge in [-0.2, -0.15) is 0 Å². The number of halogens is 1. The van der Waals surface area contributed by atoms with E-state index < -0.39 is 5.97 Å². The number of aliphatic carboxylic acids is 1. The molecule has 5 heteroatoms. The fourth-order valence-corrected chi connectivity index (χ4v) is 1.64. The standard InChI is InChI=1S/C13H14ClNO3/c1-9(10-4-3-5-11(14)8-10)15(2)12(16)6-7-13(17)18/h3-9H,1-2H3,(H,17,18)/b7-6+. The number of hydrogen-bond donors (Lipinski definition) is 1. The first-order valence-corrected chi connectivity index (χ1v) is 5.73. The highest BCUT2D eigenvalue weighted by molar-refractivity contribution is 6.30. The maximum Gasteiger partial charge on any atom is 0.328 e. The number of likely N-dealkylation sites (N-methyl/N-ethyl adjacent to an activating group) is 1. The molecule has 1 amide bonds. The van der Waals surface area contributed by atoms with Gasteiger partial charge in [0.25, 0.3) is 0 Å². The fraction of sp³-hybridized carbons (Fsp3) is 0.231. The van der Waals surface area contributed by atoms with Gasteiger partial charge in [0.05, 0.1) is 6.04 Å². The second-order valence-electron chi connectivity index (χ2n) is 3.85. The lowest BCUT2D eigenvalue weighted by Gasteiger charge is -2.24. The first-order chi connectivity index (χ1) is 8.41. The second-order valence-corrected chi connectivity index (χ2v) is 4.29. The minimum Gasteiger partial charge on any atom is -0.478 e. The van der Waals surface area contributed by atoms with E-state index in [9.17, 15) is 9.59 Å². The van der Waals surface area contributed by atoms with Crippen LogP contribution in [-0.4, -0.2) is 28.9 Å². The topological polar surface area (TPSA) is 57.6 Å². The summed E-state index contributed by atoms with van der Waals surface area (Å²) in [4.78, 5) is 23.5. The molecule has 1 unspecified atom stereocenters. The largest absolute Gasteiger partial charge is 0.478 e. The molecule has 1 aromatic rings. The normalized spacial score (nSPS) is 12.4. The Morgan fingerprint density at radius 1 is 1.39 bits per heavy atom. The van der Waals surface area contributed by atoms with Crippen LogP contribution in [0.1, 0.15) is 18.5 Å². The Kier molecular flexibility index (Phi) is 4.92. The molecule has 0 radical (unpaired) electrons. The average Bonchev–Trinajstić information content (AvgIpc) is 2.34. The number of carboxylic acids is 1. The Morgan fingerprint density at radius 3 is 2.61 bits per heavy atom. The van der Waals surface area contributed by atoms with Gasteiger partial charge in [0, 0.05) is 24.2 Å². The van der Waals surface area contributed by atoms with Crippen LogP contribution in [0.3, 0.4) is 0 Å². The summed E-state index contributed by atoms with van der Waals surface area (Å²) >= 11 is 5.88. The molecule has 0 spiro atoms. The molecule has 1 aromatic carbocycles. The Morgan fingerprint density at radius 2 is 2.06 bits per heavy atom. The molecule has 1 N–H and O–H groups in total. The molecule has 1 atom stereocenters. The highest BCUT2D eigenvalue weighted by Crippen LogP contribution is 2.21. The maximum absolute atomic E-state index is 11.7. The van der Waals surface area contributed by atoms with Crippen LogP contribution < -0.4 is 0 Å². The zero-order valence-electron chi connectivity index (χ0n) is 10.1. The Bertz CT molecular complexity index is 485. The minimum absolute atomic E-state index is 0.186. The molecule has 0 aliphatic rings. The molecule has 0 fully saturated rings. The quantitative estimate of drug-likeness (QED) is 0.853. The Hall–Kier alpha value is -1.81. The summed E-state index contributed by atoms with van der Waals surface area (Å²) in [6.07, 6.45) is 1.85. The van der Waals surface area contributed by atoms with Crippen molar-refractivity contribution in [3.8, 4) is 0 Å². The number of carboxylic acid groups (broad SMARTS) is 1. The number of carbonyl (C=O) groups is 2. The molecule has 96 valence electrons. The third kappa shape index (κ3) is 3.89. The average molecular weight is 268 g/mol. The van der Waals surface area contributed by atoms with Gasteiger partial charge in [-0.1, -0.05) is 23.7 Å². The van der Waals surface area contributed by atoms with Crippen molar-refractivity contribution in [3.05, 3.63) is 47.0 Å². The molecule has 0 saturated heterocycles. The molecule has 1 rings (SSSR count). The zero-order valence-corrected chi connectivity index (χ0v) is 10.9. The summed E-state index contributed by atoms with van der Waals surface area (Å²) in [7, 11) is 1.61. The van der Waals surface area contributed by atoms with Gasteiger partial charge in [-0.05, 0) is 24.6 Å². The van der Waals surface area contributed by atoms with Gasteiger partial charge in [-0.3, -0.25) is 4.79 Å². The zero-order chi connectivity index (χ0) is 13.7. The Labute approximate surface area is 110 Å². The number of benzene rings is 1. The van der Waals surface area contributed by atoms with Crippen molar-refractivity contribution < 1.29 is 14.7 Å². The van der Waals surface area contributed by atoms with Crippen molar-refractivity contribution in [1.29, 1.82) is 0 Å². The molecule has 0 aromatic heterocycles. The molecule has 0 aliphatic carbocycles. The van der Waals surface area contributed by atoms with E-state index in [1.807, 2.05) is 13.0 Å². The number of amides is 1. The van der Waals surface area contributed by atoms with Crippen molar-refractivity contribution in [1.82, 2.24) is 4.90 Å². The number of rotatable bonds is 4. The van der Waals surface area contributed by atoms with Crippen LogP contribution in [0.2, 0.25) is 5.02 Å². The van der Waals surface area contributed by atoms with Crippen LogP contribution in [0.15, 0.2) is 36.4 Å². The van der Waals surface area contributed by atoms with E-state index in [0.29, 0.717) is 5.02 Å². The van der Waals surface area contributed by atoms with Crippen molar-refractivity contribution in [3.63, 3.8) is 0 Å². The monoisotopic (exact) mass is 267 g/mol. The summed E-state index contributed by atoms with van der Waals surface area (Å²) in [6, 6.07) is 7.01. The van der Waals surface area contributed by atoms with Gasteiger partial charge in [0.15, 0.2) is 0 Å². The molecule has 18 heavy (non-hydrogen) atoms. The highest BCUT2D eigenvalue weighted by Gasteiger charge is 2.15. The summed E-state index contributed by atoms with van der Waals surface area (Å²) in [6.45, 7) is 1.85. The highest BCUT2D eigenvalue weighted by atomic mass is 35.5. The van der Waals surface area contributed by atoms with Gasteiger partial charge in [0.2, 0.25) is 5.91 Å². The lowest BCUT2D eigenvalue weighted by atomic mass is 10.1. The van der Waals surface area contributed by atoms with Gasteiger partial charge < -0.3 is 10.0 Å². The SMILES string of the molecule is CC(c1cccc(Cl)c1)N(C)C(=O)/C=C/C(=O)O. The molecule has 0 bridgehead atoms. The third-order valence-electron chi connectivity index (χ3n) is 2.63. The number of carbonyl (C=O) groups excluding carboxylic acids is 1. The molecular weight excluding hydrogens is 254 g/mol. The van der Waals surface area contributed by atoms with Crippen LogP contribution in [0.25, 0.3) is 0 Å². The van der Waals surface area contributed by atoms with Gasteiger partial charge >= 0.3 is 5.97 Å². The van der Waals surface area contributed by atoms with Gasteiger partial charge in [-0.25, -0.2) is 4.79 Å². The molecule has 0 heterocycles. The molecule has 4 nitrogen and oxygen atoms in total. The van der Waals surface area contributed by atoms with Crippen molar-refractivity contribution >= 4 is 23.5 Å². The summed E-state index contributed by atoms with van der Waals surface area (Å²) < 4.78 is 0. The first-order valence-electron chi connectivity index (χ1n) is 5.35. The maximum atomic E-state index is 11.7. The summed E-state index contributed by atoms with van der Waals surface area (Å²) in [5.41, 5.74) is 0.891. The third-order valence-corrected chi connectivity index (χ3v) is 2.86. The molecule has 0 saturated carbocycles. The van der Waals surface area contributed by atoms with E-state index >= 15 is 0 Å². The Balaban J connectivity index is 2.80. The predicted octanol–water partition coefficient (Wildman–Crippen LogP) is 2.50. The predicted molar refractivity (Wildman–Crippen MR) is 69.4 cm³/mol. The van der Waals surface area contributed by atoms with Crippen LogP contribution in [0.5, 0.6) is 0 Å². The molecule has 0 aliphatic heterocycles. The van der Waals surface area contributed by atoms with E-state index in [4.69, 9.17) is 16.7 Å². The van der Waals surface area contributed by atoms with Crippen molar-refractivity contribution in [2.45, 2.75) is 13.0 Å². The lowest BCUT2D eigenvalue weighted by molar-refractivity contribution is -0.132. The van der Waals surface area contributed by atoms with E-state index in [-0.39, 0.29) is 11.9 Å². The van der Waals surface area contributed by atoms with E-state index in [1.165, 1.54) is 4.90 Å². The molecular formula is C13H14ClNO3. The fourth-order valence-electron chi connectivity index (χ4n) is 1.44. The number of hydrogen-bond acceptors (Lipinski definition) is 2. The van der Waals surface area contributed by atoms with E-state index in [0.717, 1.165) is 17.7 Å². The van der Waals surface area contributed by atoms with Crippen molar-refractivity contribution in [2.24, 2.45) is 0 Å². The van der Waals surface area contributed by atoms with Crippen LogP contribution in [0, 0.1) is 0 Å². The minimum atomic E-state index is -1.15. The van der Waals surface area contributed by atoms with E-state index in [2.05, 4.69) is 0 Å². The van der Waals surface area contributed by atoms with E-state index in [1.54, 1.807) is 25.2 Å².